The van der Waals surface area contributed by atoms with E-state index >= 15 is 0 Å². The van der Waals surface area contributed by atoms with Gasteiger partial charge >= 0.3 is 0 Å². The number of fused-ring (bicyclic) bond motifs is 2. The summed E-state index contributed by atoms with van der Waals surface area (Å²) >= 11 is 0. The van der Waals surface area contributed by atoms with E-state index in [2.05, 4.69) is 49.3 Å². The quantitative estimate of drug-likeness (QED) is 0.233. The lowest BCUT2D eigenvalue weighted by Gasteiger charge is -2.16. The Balaban J connectivity index is 1.38. The van der Waals surface area contributed by atoms with E-state index in [0.717, 1.165) is 44.8 Å². The van der Waals surface area contributed by atoms with Crippen LogP contribution in [0.25, 0.3) is 56.1 Å². The number of nitrogens with one attached hydrogen (secondary N) is 3. The third-order valence-corrected chi connectivity index (χ3v) is 6.03. The number of nitrogens with zero attached hydrogens (tertiary/aromatic N) is 6. The van der Waals surface area contributed by atoms with Gasteiger partial charge in [-0.25, -0.2) is 9.97 Å². The van der Waals surface area contributed by atoms with Crippen LogP contribution in [0.4, 0.5) is 5.69 Å². The van der Waals surface area contributed by atoms with Gasteiger partial charge in [-0.05, 0) is 48.7 Å². The average Bonchev–Trinajstić information content (AvgIpc) is 3.52. The van der Waals surface area contributed by atoms with Crippen LogP contribution >= 0.6 is 0 Å². The van der Waals surface area contributed by atoms with Crippen LogP contribution in [0.15, 0.2) is 67.4 Å². The molecule has 0 aliphatic carbocycles. The second-order valence-electron chi connectivity index (χ2n) is 9.30. The van der Waals surface area contributed by atoms with E-state index in [4.69, 9.17) is 9.97 Å². The third-order valence-electron chi connectivity index (χ3n) is 6.03. The SMILES string of the molecule is CC(C)CC(O)Nc1cncc(-c2ccc3[nH]nc(-c4nc5c(-c6cccnc6)nccc5[nH]4)c3n2)c1. The number of aliphatic hydroxyl groups is 1. The van der Waals surface area contributed by atoms with E-state index in [0.29, 0.717) is 29.4 Å². The Kier molecular flexibility index (Phi) is 5.78. The van der Waals surface area contributed by atoms with Gasteiger partial charge in [0, 0.05) is 35.9 Å². The second-order valence-corrected chi connectivity index (χ2v) is 9.30. The van der Waals surface area contributed by atoms with Crippen molar-refractivity contribution in [2.24, 2.45) is 5.92 Å². The van der Waals surface area contributed by atoms with Crippen molar-refractivity contribution in [3.8, 4) is 34.0 Å². The molecule has 0 bridgehead atoms. The van der Waals surface area contributed by atoms with Crippen molar-refractivity contribution >= 4 is 27.8 Å². The molecule has 10 nitrogen and oxygen atoms in total. The largest absolute Gasteiger partial charge is 0.374 e. The lowest BCUT2D eigenvalue weighted by atomic mass is 10.1. The smallest absolute Gasteiger partial charge is 0.161 e. The highest BCUT2D eigenvalue weighted by atomic mass is 16.3. The van der Waals surface area contributed by atoms with Gasteiger partial charge < -0.3 is 15.4 Å². The fourth-order valence-electron chi connectivity index (χ4n) is 4.34. The van der Waals surface area contributed by atoms with E-state index in [-0.39, 0.29) is 0 Å². The van der Waals surface area contributed by atoms with Crippen molar-refractivity contribution in [3.63, 3.8) is 0 Å². The zero-order chi connectivity index (χ0) is 25.4. The van der Waals surface area contributed by atoms with Gasteiger partial charge in [0.25, 0.3) is 0 Å². The highest BCUT2D eigenvalue weighted by Crippen LogP contribution is 2.30. The van der Waals surface area contributed by atoms with Crippen molar-refractivity contribution in [1.82, 2.24) is 40.1 Å². The highest BCUT2D eigenvalue weighted by Gasteiger charge is 2.18. The minimum Gasteiger partial charge on any atom is -0.374 e. The van der Waals surface area contributed by atoms with Crippen molar-refractivity contribution in [3.05, 3.63) is 67.4 Å². The first-order valence-electron chi connectivity index (χ1n) is 12.1. The van der Waals surface area contributed by atoms with Crippen LogP contribution in [-0.4, -0.2) is 51.4 Å². The van der Waals surface area contributed by atoms with Gasteiger partial charge in [0.05, 0.1) is 34.3 Å². The molecule has 37 heavy (non-hydrogen) atoms. The van der Waals surface area contributed by atoms with Gasteiger partial charge in [0.15, 0.2) is 11.5 Å². The first-order chi connectivity index (χ1) is 18.0. The van der Waals surface area contributed by atoms with Crippen LogP contribution in [0.3, 0.4) is 0 Å². The van der Waals surface area contributed by atoms with E-state index < -0.39 is 6.23 Å². The number of hydrogen-bond donors (Lipinski definition) is 4. The number of pyridine rings is 4. The lowest BCUT2D eigenvalue weighted by Crippen LogP contribution is -2.20. The molecule has 0 radical (unpaired) electrons. The van der Waals surface area contributed by atoms with Gasteiger partial charge in [-0.15, -0.1) is 0 Å². The lowest BCUT2D eigenvalue weighted by molar-refractivity contribution is 0.176. The minimum absolute atomic E-state index is 0.372. The topological polar surface area (TPSA) is 141 Å². The van der Waals surface area contributed by atoms with Gasteiger partial charge in [-0.1, -0.05) is 13.8 Å². The van der Waals surface area contributed by atoms with E-state index in [1.54, 1.807) is 31.0 Å². The predicted octanol–water partition coefficient (Wildman–Crippen LogP) is 4.80. The van der Waals surface area contributed by atoms with E-state index in [1.165, 1.54) is 0 Å². The molecular weight excluding hydrogens is 466 g/mol. The molecule has 6 heterocycles. The summed E-state index contributed by atoms with van der Waals surface area (Å²) in [5.74, 6) is 0.964. The standard InChI is InChI=1S/C27H25N9O/c1-15(2)10-22(37)31-18-11-17(13-29-14-18)19-5-6-21-25(32-19)26(36-35-21)27-33-20-7-9-30-23(24(20)34-27)16-4-3-8-28-12-16/h3-9,11-15,22,31,37H,10H2,1-2H3,(H,33,34)(H,35,36). The molecule has 184 valence electrons. The van der Waals surface area contributed by atoms with Crippen LogP contribution in [0.1, 0.15) is 20.3 Å². The molecule has 1 unspecified atom stereocenters. The molecule has 0 spiro atoms. The molecule has 1 atom stereocenters. The molecule has 4 N–H and O–H groups in total. The number of hydrogen-bond acceptors (Lipinski definition) is 8. The zero-order valence-corrected chi connectivity index (χ0v) is 20.3. The number of aliphatic hydroxyl groups excluding tert-OH is 1. The molecular formula is C27H25N9O. The number of H-pyrrole nitrogens is 2. The summed E-state index contributed by atoms with van der Waals surface area (Å²) in [6, 6.07) is 11.5. The molecule has 0 aliphatic heterocycles. The summed E-state index contributed by atoms with van der Waals surface area (Å²) in [6.45, 7) is 4.14. The minimum atomic E-state index is -0.646. The maximum absolute atomic E-state index is 10.3. The van der Waals surface area contributed by atoms with Gasteiger partial charge in [-0.2, -0.15) is 5.10 Å². The molecule has 6 aromatic heterocycles. The number of rotatable bonds is 7. The summed E-state index contributed by atoms with van der Waals surface area (Å²) in [7, 11) is 0. The fourth-order valence-corrected chi connectivity index (χ4v) is 4.34. The monoisotopic (exact) mass is 491 g/mol. The van der Waals surface area contributed by atoms with Crippen molar-refractivity contribution < 1.29 is 5.11 Å². The number of aromatic amines is 2. The average molecular weight is 492 g/mol. The third kappa shape index (κ3) is 4.50. The molecule has 0 saturated carbocycles. The Labute approximate surface area is 212 Å². The molecule has 0 aliphatic rings. The molecule has 6 aromatic rings. The predicted molar refractivity (Wildman–Crippen MR) is 142 cm³/mol. The normalized spacial score (nSPS) is 12.4. The first-order valence-corrected chi connectivity index (χ1v) is 12.1. The first kappa shape index (κ1) is 22.7. The summed E-state index contributed by atoms with van der Waals surface area (Å²) in [6.07, 6.45) is 8.69. The van der Waals surface area contributed by atoms with Gasteiger partial charge in [0.2, 0.25) is 0 Å². The van der Waals surface area contributed by atoms with Crippen LogP contribution in [0, 0.1) is 5.92 Å². The number of imidazole rings is 1. The van der Waals surface area contributed by atoms with Gasteiger partial charge in [-0.3, -0.25) is 20.1 Å². The Morgan fingerprint density at radius 3 is 2.59 bits per heavy atom. The van der Waals surface area contributed by atoms with Gasteiger partial charge in [0.1, 0.15) is 17.3 Å². The van der Waals surface area contributed by atoms with E-state index in [9.17, 15) is 5.11 Å². The Morgan fingerprint density at radius 1 is 0.892 bits per heavy atom. The van der Waals surface area contributed by atoms with Crippen LogP contribution in [0.5, 0.6) is 0 Å². The van der Waals surface area contributed by atoms with Crippen LogP contribution < -0.4 is 5.32 Å². The zero-order valence-electron chi connectivity index (χ0n) is 20.3. The highest BCUT2D eigenvalue weighted by molar-refractivity contribution is 5.95. The Hall–Kier alpha value is -4.70. The Morgan fingerprint density at radius 2 is 1.76 bits per heavy atom. The van der Waals surface area contributed by atoms with Crippen molar-refractivity contribution in [2.45, 2.75) is 26.5 Å². The summed E-state index contributed by atoms with van der Waals surface area (Å²) in [5.41, 5.74) is 7.59. The van der Waals surface area contributed by atoms with E-state index in [1.807, 2.05) is 36.4 Å². The molecule has 0 fully saturated rings. The van der Waals surface area contributed by atoms with Crippen molar-refractivity contribution in [1.29, 1.82) is 0 Å². The molecule has 0 amide bonds. The maximum atomic E-state index is 10.3. The number of aromatic nitrogens is 8. The fraction of sp³-hybridized carbons (Fsp3) is 0.185. The summed E-state index contributed by atoms with van der Waals surface area (Å²) in [4.78, 5) is 26.2. The number of anilines is 1. The van der Waals surface area contributed by atoms with Crippen LogP contribution in [0.2, 0.25) is 0 Å². The second kappa shape index (κ2) is 9.40. The molecule has 0 saturated heterocycles. The summed E-state index contributed by atoms with van der Waals surface area (Å²) < 4.78 is 0. The van der Waals surface area contributed by atoms with Crippen molar-refractivity contribution in [2.75, 3.05) is 5.32 Å². The summed E-state index contributed by atoms with van der Waals surface area (Å²) in [5, 5.41) is 20.9. The molecule has 0 aromatic carbocycles. The molecule has 10 heteroatoms. The Bertz CT molecular complexity index is 1690. The van der Waals surface area contributed by atoms with Crippen LogP contribution in [-0.2, 0) is 0 Å². The maximum Gasteiger partial charge on any atom is 0.161 e. The molecule has 6 rings (SSSR count).